The van der Waals surface area contributed by atoms with Crippen LogP contribution in [0.1, 0.15) is 38.6 Å². The van der Waals surface area contributed by atoms with Crippen LogP contribution >= 0.6 is 15.9 Å². The molecule has 0 bridgehead atoms. The molecule has 1 aliphatic heterocycles. The maximum absolute atomic E-state index is 13.1. The van der Waals surface area contributed by atoms with Crippen LogP contribution in [0.5, 0.6) is 0 Å². The number of imidazole rings is 1. The number of carbonyl (C=O) groups excluding carboxylic acids is 2. The van der Waals surface area contributed by atoms with Gasteiger partial charge < -0.3 is 19.9 Å². The number of rotatable bonds is 5. The second kappa shape index (κ2) is 8.77. The Bertz CT molecular complexity index is 834. The fourth-order valence-corrected chi connectivity index (χ4v) is 3.74. The zero-order valence-corrected chi connectivity index (χ0v) is 17.8. The molecular formula is C20H25BrN4O3. The van der Waals surface area contributed by atoms with Gasteiger partial charge in [-0.15, -0.1) is 0 Å². The molecule has 2 atom stereocenters. The first-order valence-electron chi connectivity index (χ1n) is 9.36. The van der Waals surface area contributed by atoms with Gasteiger partial charge >= 0.3 is 6.09 Å². The van der Waals surface area contributed by atoms with Crippen LogP contribution in [0.25, 0.3) is 11.3 Å². The highest BCUT2D eigenvalue weighted by molar-refractivity contribution is 9.10. The van der Waals surface area contributed by atoms with Gasteiger partial charge in [-0.2, -0.15) is 0 Å². The molecule has 0 spiro atoms. The van der Waals surface area contributed by atoms with Crippen LogP contribution in [-0.4, -0.2) is 46.6 Å². The van der Waals surface area contributed by atoms with Crippen LogP contribution < -0.4 is 5.32 Å². The van der Waals surface area contributed by atoms with E-state index in [9.17, 15) is 9.59 Å². The van der Waals surface area contributed by atoms with Gasteiger partial charge in [-0.05, 0) is 36.5 Å². The summed E-state index contributed by atoms with van der Waals surface area (Å²) >= 11 is 3.44. The molecule has 2 amide bonds. The number of ether oxygens (including phenoxy) is 1. The maximum atomic E-state index is 13.1. The summed E-state index contributed by atoms with van der Waals surface area (Å²) in [6.45, 7) is 4.45. The summed E-state index contributed by atoms with van der Waals surface area (Å²) in [5, 5.41) is 2.66. The molecule has 0 unspecified atom stereocenters. The van der Waals surface area contributed by atoms with E-state index < -0.39 is 12.1 Å². The van der Waals surface area contributed by atoms with Gasteiger partial charge in [0.25, 0.3) is 0 Å². The van der Waals surface area contributed by atoms with E-state index in [4.69, 9.17) is 0 Å². The topological polar surface area (TPSA) is 87.3 Å². The van der Waals surface area contributed by atoms with Crippen molar-refractivity contribution in [2.24, 2.45) is 5.92 Å². The minimum absolute atomic E-state index is 0.0530. The lowest BCUT2D eigenvalue weighted by atomic mass is 10.0. The number of nitrogens with one attached hydrogen (secondary N) is 2. The Morgan fingerprint density at radius 1 is 1.32 bits per heavy atom. The number of hydrogen-bond donors (Lipinski definition) is 2. The predicted octanol–water partition coefficient (Wildman–Crippen LogP) is 3.88. The standard InChI is InChI=1S/C20H25BrN4O3/c1-12(2)17(24-20(27)28-3)19(26)25-10-4-5-16(25)18-22-11-15(23-18)13-6-8-14(21)9-7-13/h6-9,11-12,16-17H,4-5,10H2,1-3H3,(H,22,23)(H,24,27)/t16-,17-/m1/s1. The van der Waals surface area contributed by atoms with Gasteiger partial charge in [0.1, 0.15) is 11.9 Å². The van der Waals surface area contributed by atoms with E-state index >= 15 is 0 Å². The van der Waals surface area contributed by atoms with Crippen molar-refractivity contribution in [2.45, 2.75) is 38.8 Å². The molecule has 1 aromatic carbocycles. The van der Waals surface area contributed by atoms with Crippen LogP contribution in [0.2, 0.25) is 0 Å². The van der Waals surface area contributed by atoms with E-state index in [1.165, 1.54) is 7.11 Å². The second-order valence-electron chi connectivity index (χ2n) is 7.24. The number of alkyl carbamates (subject to hydrolysis) is 1. The number of aromatic amines is 1. The zero-order chi connectivity index (χ0) is 20.3. The average Bonchev–Trinajstić information content (AvgIpc) is 3.34. The lowest BCUT2D eigenvalue weighted by Crippen LogP contribution is -2.51. The molecule has 0 radical (unpaired) electrons. The van der Waals surface area contributed by atoms with Crippen LogP contribution in [-0.2, 0) is 9.53 Å². The first kappa shape index (κ1) is 20.4. The van der Waals surface area contributed by atoms with Crippen molar-refractivity contribution in [3.05, 3.63) is 40.8 Å². The quantitative estimate of drug-likeness (QED) is 0.726. The van der Waals surface area contributed by atoms with Crippen molar-refractivity contribution in [3.8, 4) is 11.3 Å². The highest BCUT2D eigenvalue weighted by atomic mass is 79.9. The van der Waals surface area contributed by atoms with Crippen molar-refractivity contribution in [1.82, 2.24) is 20.2 Å². The molecule has 28 heavy (non-hydrogen) atoms. The third-order valence-electron chi connectivity index (χ3n) is 4.99. The fourth-order valence-electron chi connectivity index (χ4n) is 3.47. The van der Waals surface area contributed by atoms with Crippen molar-refractivity contribution in [3.63, 3.8) is 0 Å². The SMILES string of the molecule is COC(=O)N[C@@H](C(=O)N1CCC[C@@H]1c1ncc(-c2ccc(Br)cc2)[nH]1)C(C)C. The Kier molecular flexibility index (Phi) is 6.39. The number of aromatic nitrogens is 2. The number of H-pyrrole nitrogens is 1. The third-order valence-corrected chi connectivity index (χ3v) is 5.52. The largest absolute Gasteiger partial charge is 0.453 e. The van der Waals surface area contributed by atoms with Crippen LogP contribution in [0, 0.1) is 5.92 Å². The van der Waals surface area contributed by atoms with E-state index in [-0.39, 0.29) is 17.9 Å². The van der Waals surface area contributed by atoms with E-state index in [1.54, 1.807) is 6.20 Å². The highest BCUT2D eigenvalue weighted by Crippen LogP contribution is 2.32. The number of benzene rings is 1. The smallest absolute Gasteiger partial charge is 0.407 e. The first-order chi connectivity index (χ1) is 13.4. The number of likely N-dealkylation sites (tertiary alicyclic amines) is 1. The summed E-state index contributed by atoms with van der Waals surface area (Å²) in [6, 6.07) is 7.22. The highest BCUT2D eigenvalue weighted by Gasteiger charge is 2.37. The lowest BCUT2D eigenvalue weighted by molar-refractivity contribution is -0.135. The zero-order valence-electron chi connectivity index (χ0n) is 16.2. The summed E-state index contributed by atoms with van der Waals surface area (Å²) in [4.78, 5) is 34.5. The maximum Gasteiger partial charge on any atom is 0.407 e. The summed E-state index contributed by atoms with van der Waals surface area (Å²) in [6.07, 6.45) is 2.93. The third kappa shape index (κ3) is 4.38. The first-order valence-corrected chi connectivity index (χ1v) is 10.2. The molecule has 7 nitrogen and oxygen atoms in total. The molecule has 2 heterocycles. The molecule has 1 aromatic heterocycles. The molecule has 1 aliphatic rings. The monoisotopic (exact) mass is 448 g/mol. The number of nitrogens with zero attached hydrogens (tertiary/aromatic N) is 2. The molecule has 0 saturated carbocycles. The average molecular weight is 449 g/mol. The molecule has 2 N–H and O–H groups in total. The van der Waals surface area contributed by atoms with Crippen LogP contribution in [0.15, 0.2) is 34.9 Å². The van der Waals surface area contributed by atoms with Crippen LogP contribution in [0.3, 0.4) is 0 Å². The number of halogens is 1. The predicted molar refractivity (Wildman–Crippen MR) is 110 cm³/mol. The van der Waals surface area contributed by atoms with E-state index in [0.29, 0.717) is 6.54 Å². The second-order valence-corrected chi connectivity index (χ2v) is 8.15. The Balaban J connectivity index is 1.79. The van der Waals surface area contributed by atoms with Gasteiger partial charge in [-0.25, -0.2) is 9.78 Å². The van der Waals surface area contributed by atoms with Gasteiger partial charge in [0.15, 0.2) is 0 Å². The van der Waals surface area contributed by atoms with Crippen molar-refractivity contribution in [2.75, 3.05) is 13.7 Å². The summed E-state index contributed by atoms with van der Waals surface area (Å²) in [5.41, 5.74) is 1.94. The fraction of sp³-hybridized carbons (Fsp3) is 0.450. The Hall–Kier alpha value is -2.35. The molecule has 2 aromatic rings. The Labute approximate surface area is 173 Å². The van der Waals surface area contributed by atoms with E-state index in [1.807, 2.05) is 43.0 Å². The Morgan fingerprint density at radius 2 is 2.04 bits per heavy atom. The summed E-state index contributed by atoms with van der Waals surface area (Å²) in [5.74, 6) is 0.608. The van der Waals surface area contributed by atoms with E-state index in [0.717, 1.165) is 34.4 Å². The normalized spacial score (nSPS) is 17.6. The lowest BCUT2D eigenvalue weighted by Gasteiger charge is -2.30. The van der Waals surface area contributed by atoms with Crippen molar-refractivity contribution >= 4 is 27.9 Å². The van der Waals surface area contributed by atoms with Crippen LogP contribution in [0.4, 0.5) is 4.79 Å². The molecule has 8 heteroatoms. The minimum atomic E-state index is -0.631. The van der Waals surface area contributed by atoms with Gasteiger partial charge in [0.05, 0.1) is 25.0 Å². The molecule has 150 valence electrons. The van der Waals surface area contributed by atoms with E-state index in [2.05, 4.69) is 36.0 Å². The number of amides is 2. The van der Waals surface area contributed by atoms with Crippen molar-refractivity contribution in [1.29, 1.82) is 0 Å². The number of methoxy groups -OCH3 is 1. The molecule has 3 rings (SSSR count). The Morgan fingerprint density at radius 3 is 2.68 bits per heavy atom. The molecule has 1 saturated heterocycles. The van der Waals surface area contributed by atoms with Gasteiger partial charge in [0, 0.05) is 11.0 Å². The number of hydrogen-bond acceptors (Lipinski definition) is 4. The minimum Gasteiger partial charge on any atom is -0.453 e. The molecular weight excluding hydrogens is 424 g/mol. The van der Waals surface area contributed by atoms with Crippen molar-refractivity contribution < 1.29 is 14.3 Å². The van der Waals surface area contributed by atoms with Gasteiger partial charge in [-0.3, -0.25) is 4.79 Å². The summed E-state index contributed by atoms with van der Waals surface area (Å²) in [7, 11) is 1.29. The molecule has 1 fully saturated rings. The number of carbonyl (C=O) groups is 2. The molecule has 0 aliphatic carbocycles. The summed E-state index contributed by atoms with van der Waals surface area (Å²) < 4.78 is 5.69. The van der Waals surface area contributed by atoms with Gasteiger partial charge in [0.2, 0.25) is 5.91 Å². The van der Waals surface area contributed by atoms with Gasteiger partial charge in [-0.1, -0.05) is 41.9 Å².